The van der Waals surface area contributed by atoms with E-state index in [2.05, 4.69) is 60.6 Å². The van der Waals surface area contributed by atoms with Gasteiger partial charge in [-0.1, -0.05) is 15.9 Å². The second kappa shape index (κ2) is 5.66. The predicted molar refractivity (Wildman–Crippen MR) is 66.0 cm³/mol. The van der Waals surface area contributed by atoms with Crippen molar-refractivity contribution in [2.45, 2.75) is 19.9 Å². The minimum absolute atomic E-state index is 0.429. The zero-order valence-corrected chi connectivity index (χ0v) is 11.4. The molecule has 0 saturated heterocycles. The van der Waals surface area contributed by atoms with Crippen LogP contribution in [0.15, 0.2) is 17.0 Å². The van der Waals surface area contributed by atoms with Crippen LogP contribution < -0.4 is 4.90 Å². The molecule has 0 N–H and O–H groups in total. The van der Waals surface area contributed by atoms with Gasteiger partial charge < -0.3 is 4.90 Å². The van der Waals surface area contributed by atoms with Gasteiger partial charge in [-0.25, -0.2) is 9.97 Å². The summed E-state index contributed by atoms with van der Waals surface area (Å²) in [6, 6.07) is 0.429. The van der Waals surface area contributed by atoms with E-state index in [0.29, 0.717) is 6.04 Å². The van der Waals surface area contributed by atoms with E-state index < -0.39 is 0 Å². The van der Waals surface area contributed by atoms with Gasteiger partial charge in [-0.15, -0.1) is 0 Å². The van der Waals surface area contributed by atoms with Gasteiger partial charge >= 0.3 is 0 Å². The van der Waals surface area contributed by atoms with Crippen LogP contribution in [0.5, 0.6) is 0 Å². The zero-order chi connectivity index (χ0) is 10.6. The first-order valence-corrected chi connectivity index (χ1v) is 6.36. The first-order chi connectivity index (χ1) is 6.66. The van der Waals surface area contributed by atoms with Gasteiger partial charge in [0.2, 0.25) is 0 Å². The molecule has 5 heteroatoms. The summed E-state index contributed by atoms with van der Waals surface area (Å²) in [7, 11) is 0. The Morgan fingerprint density at radius 1 is 1.50 bits per heavy atom. The molecule has 0 amide bonds. The Balaban J connectivity index is 2.93. The maximum atomic E-state index is 4.27. The van der Waals surface area contributed by atoms with Crippen molar-refractivity contribution in [3.05, 3.63) is 17.0 Å². The molecular formula is C9H13Br2N3. The summed E-state index contributed by atoms with van der Waals surface area (Å²) in [4.78, 5) is 10.4. The smallest absolute Gasteiger partial charge is 0.146 e. The van der Waals surface area contributed by atoms with Crippen molar-refractivity contribution in [1.29, 1.82) is 0 Å². The number of alkyl halides is 1. The molecule has 1 rings (SSSR count). The minimum Gasteiger partial charge on any atom is -0.352 e. The zero-order valence-electron chi connectivity index (χ0n) is 8.24. The Hall–Kier alpha value is -0.160. The summed E-state index contributed by atoms with van der Waals surface area (Å²) >= 11 is 6.89. The Bertz CT molecular complexity index is 291. The van der Waals surface area contributed by atoms with Crippen LogP contribution in [0.3, 0.4) is 0 Å². The normalized spacial score (nSPS) is 10.6. The van der Waals surface area contributed by atoms with Crippen molar-refractivity contribution in [3.63, 3.8) is 0 Å². The van der Waals surface area contributed by atoms with E-state index in [9.17, 15) is 0 Å². The van der Waals surface area contributed by atoms with Gasteiger partial charge in [0, 0.05) is 24.1 Å². The molecule has 0 aliphatic heterocycles. The summed E-state index contributed by atoms with van der Waals surface area (Å²) < 4.78 is 0.939. The van der Waals surface area contributed by atoms with E-state index in [1.807, 2.05) is 0 Å². The standard InChI is InChI=1S/C9H13Br2N3/c1-7(2)14(4-3-10)9-8(11)5-12-6-13-9/h5-7H,3-4H2,1-2H3. The average Bonchev–Trinajstić information content (AvgIpc) is 2.15. The highest BCUT2D eigenvalue weighted by Gasteiger charge is 2.13. The second-order valence-electron chi connectivity index (χ2n) is 3.17. The molecule has 0 atom stereocenters. The fourth-order valence-electron chi connectivity index (χ4n) is 1.22. The molecule has 0 aliphatic carbocycles. The van der Waals surface area contributed by atoms with Gasteiger partial charge in [0.15, 0.2) is 0 Å². The van der Waals surface area contributed by atoms with Crippen LogP contribution >= 0.6 is 31.9 Å². The van der Waals surface area contributed by atoms with Gasteiger partial charge in [0.05, 0.1) is 4.47 Å². The van der Waals surface area contributed by atoms with Crippen LogP contribution in [0.25, 0.3) is 0 Å². The topological polar surface area (TPSA) is 29.0 Å². The van der Waals surface area contributed by atoms with Crippen LogP contribution in [-0.4, -0.2) is 27.9 Å². The number of halogens is 2. The number of hydrogen-bond acceptors (Lipinski definition) is 3. The van der Waals surface area contributed by atoms with Crippen molar-refractivity contribution in [2.24, 2.45) is 0 Å². The third kappa shape index (κ3) is 2.92. The Morgan fingerprint density at radius 3 is 2.71 bits per heavy atom. The summed E-state index contributed by atoms with van der Waals surface area (Å²) in [5, 5.41) is 0.932. The molecule has 1 heterocycles. The fourth-order valence-corrected chi connectivity index (χ4v) is 2.05. The summed E-state index contributed by atoms with van der Waals surface area (Å²) in [5.74, 6) is 0.953. The Morgan fingerprint density at radius 2 is 2.21 bits per heavy atom. The number of anilines is 1. The maximum absolute atomic E-state index is 4.27. The van der Waals surface area contributed by atoms with E-state index in [4.69, 9.17) is 0 Å². The molecule has 1 aromatic rings. The van der Waals surface area contributed by atoms with Gasteiger partial charge in [0.25, 0.3) is 0 Å². The highest BCUT2D eigenvalue weighted by atomic mass is 79.9. The summed E-state index contributed by atoms with van der Waals surface area (Å²) in [5.41, 5.74) is 0. The molecule has 0 spiro atoms. The molecule has 0 radical (unpaired) electrons. The van der Waals surface area contributed by atoms with Gasteiger partial charge in [-0.05, 0) is 29.8 Å². The molecule has 0 bridgehead atoms. The number of aromatic nitrogens is 2. The van der Waals surface area contributed by atoms with Crippen LogP contribution in [0.4, 0.5) is 5.82 Å². The van der Waals surface area contributed by atoms with Crippen molar-refractivity contribution in [3.8, 4) is 0 Å². The van der Waals surface area contributed by atoms with E-state index >= 15 is 0 Å². The van der Waals surface area contributed by atoms with Crippen LogP contribution in [-0.2, 0) is 0 Å². The monoisotopic (exact) mass is 321 g/mol. The molecule has 1 aromatic heterocycles. The average molecular weight is 323 g/mol. The lowest BCUT2D eigenvalue weighted by molar-refractivity contribution is 0.694. The maximum Gasteiger partial charge on any atom is 0.146 e. The van der Waals surface area contributed by atoms with E-state index in [1.54, 1.807) is 12.5 Å². The van der Waals surface area contributed by atoms with E-state index in [-0.39, 0.29) is 0 Å². The minimum atomic E-state index is 0.429. The molecular weight excluding hydrogens is 310 g/mol. The highest BCUT2D eigenvalue weighted by Crippen LogP contribution is 2.23. The Labute approximate surface area is 101 Å². The van der Waals surface area contributed by atoms with Gasteiger partial charge in [-0.3, -0.25) is 0 Å². The second-order valence-corrected chi connectivity index (χ2v) is 4.82. The molecule has 3 nitrogen and oxygen atoms in total. The molecule has 0 fully saturated rings. The predicted octanol–water partition coefficient (Wildman–Crippen LogP) is 2.85. The van der Waals surface area contributed by atoms with Crippen molar-refractivity contribution >= 4 is 37.7 Å². The first kappa shape index (κ1) is 11.9. The van der Waals surface area contributed by atoms with Crippen molar-refractivity contribution < 1.29 is 0 Å². The van der Waals surface area contributed by atoms with Crippen LogP contribution in [0.1, 0.15) is 13.8 Å². The van der Waals surface area contributed by atoms with Gasteiger partial charge in [0.1, 0.15) is 12.1 Å². The largest absolute Gasteiger partial charge is 0.352 e. The van der Waals surface area contributed by atoms with Gasteiger partial charge in [-0.2, -0.15) is 0 Å². The number of rotatable bonds is 4. The number of nitrogens with zero attached hydrogens (tertiary/aromatic N) is 3. The third-order valence-electron chi connectivity index (χ3n) is 1.87. The first-order valence-electron chi connectivity index (χ1n) is 4.45. The molecule has 78 valence electrons. The Kier molecular flexibility index (Phi) is 4.81. The SMILES string of the molecule is CC(C)N(CCBr)c1ncncc1Br. The van der Waals surface area contributed by atoms with Crippen molar-refractivity contribution in [2.75, 3.05) is 16.8 Å². The lowest BCUT2D eigenvalue weighted by atomic mass is 10.3. The molecule has 0 saturated carbocycles. The van der Waals surface area contributed by atoms with Crippen molar-refractivity contribution in [1.82, 2.24) is 9.97 Å². The highest BCUT2D eigenvalue weighted by molar-refractivity contribution is 9.10. The molecule has 0 aliphatic rings. The third-order valence-corrected chi connectivity index (χ3v) is 2.78. The number of hydrogen-bond donors (Lipinski definition) is 0. The quantitative estimate of drug-likeness (QED) is 0.798. The molecule has 0 aromatic carbocycles. The summed E-state index contributed by atoms with van der Waals surface area (Å²) in [6.45, 7) is 5.24. The fraction of sp³-hybridized carbons (Fsp3) is 0.556. The lowest BCUT2D eigenvalue weighted by Gasteiger charge is -2.27. The van der Waals surface area contributed by atoms with Crippen LogP contribution in [0.2, 0.25) is 0 Å². The lowest BCUT2D eigenvalue weighted by Crippen LogP contribution is -2.33. The van der Waals surface area contributed by atoms with E-state index in [1.165, 1.54) is 0 Å². The van der Waals surface area contributed by atoms with E-state index in [0.717, 1.165) is 22.2 Å². The molecule has 14 heavy (non-hydrogen) atoms. The molecule has 0 unspecified atom stereocenters. The van der Waals surface area contributed by atoms with Crippen LogP contribution in [0, 0.1) is 0 Å². The summed E-state index contributed by atoms with van der Waals surface area (Å²) in [6.07, 6.45) is 3.34.